The van der Waals surface area contributed by atoms with Gasteiger partial charge in [-0.05, 0) is 38.3 Å². The van der Waals surface area contributed by atoms with Gasteiger partial charge in [-0.15, -0.1) is 6.42 Å². The highest BCUT2D eigenvalue weighted by Crippen LogP contribution is 2.53. The van der Waals surface area contributed by atoms with E-state index in [1.807, 2.05) is 0 Å². The largest absolute Gasteiger partial charge is 0.462 e. The summed E-state index contributed by atoms with van der Waals surface area (Å²) < 4.78 is 36.7. The molecule has 1 saturated carbocycles. The van der Waals surface area contributed by atoms with Crippen molar-refractivity contribution in [3.8, 4) is 12.3 Å². The summed E-state index contributed by atoms with van der Waals surface area (Å²) in [5.74, 6) is 1.01. The van der Waals surface area contributed by atoms with Crippen LogP contribution in [0.25, 0.3) is 0 Å². The number of nitrogens with zero attached hydrogens (tertiary/aromatic N) is 3. The highest BCUT2D eigenvalue weighted by Gasteiger charge is 2.59. The van der Waals surface area contributed by atoms with Gasteiger partial charge in [-0.2, -0.15) is 0 Å². The van der Waals surface area contributed by atoms with Crippen molar-refractivity contribution < 1.29 is 23.0 Å². The van der Waals surface area contributed by atoms with Crippen LogP contribution >= 0.6 is 0 Å². The van der Waals surface area contributed by atoms with E-state index < -0.39 is 24.1 Å². The van der Waals surface area contributed by atoms with Gasteiger partial charge in [-0.1, -0.05) is 5.92 Å². The average molecular weight is 415 g/mol. The normalized spacial score (nSPS) is 25.2. The maximum atomic E-state index is 14.7. The Morgan fingerprint density at radius 3 is 3.07 bits per heavy atom. The van der Waals surface area contributed by atoms with Crippen LogP contribution in [-0.2, 0) is 19.8 Å². The maximum Gasteiger partial charge on any atom is 0.284 e. The number of fused-ring (bicyclic) bond motifs is 1. The lowest BCUT2D eigenvalue weighted by atomic mass is 9.85. The number of nitrogens with two attached hydrogens (primary N) is 1. The second kappa shape index (κ2) is 8.32. The van der Waals surface area contributed by atoms with E-state index in [9.17, 15) is 13.6 Å². The van der Waals surface area contributed by atoms with Gasteiger partial charge >= 0.3 is 0 Å². The molecule has 3 N–H and O–H groups in total. The van der Waals surface area contributed by atoms with Gasteiger partial charge in [0.15, 0.2) is 5.54 Å². The molecular formula is C20H19F2N5O3. The third-order valence-electron chi connectivity index (χ3n) is 4.74. The quantitative estimate of drug-likeness (QED) is 0.404. The fourth-order valence-corrected chi connectivity index (χ4v) is 3.16. The minimum Gasteiger partial charge on any atom is -0.462 e. The van der Waals surface area contributed by atoms with Crippen molar-refractivity contribution in [2.45, 2.75) is 25.0 Å². The molecule has 3 rings (SSSR count). The number of terminal acetylenes is 1. The number of rotatable bonds is 7. The van der Waals surface area contributed by atoms with E-state index in [1.165, 1.54) is 25.1 Å². The summed E-state index contributed by atoms with van der Waals surface area (Å²) in [6.45, 7) is 3.52. The summed E-state index contributed by atoms with van der Waals surface area (Å²) >= 11 is 0. The molecule has 0 unspecified atom stereocenters. The highest BCUT2D eigenvalue weighted by molar-refractivity contribution is 6.42. The molecule has 8 nitrogen and oxygen atoms in total. The lowest BCUT2D eigenvalue weighted by molar-refractivity contribution is -0.110. The predicted octanol–water partition coefficient (Wildman–Crippen LogP) is 2.23. The van der Waals surface area contributed by atoms with Crippen LogP contribution in [0, 0.1) is 24.1 Å². The van der Waals surface area contributed by atoms with Crippen molar-refractivity contribution in [1.82, 2.24) is 0 Å². The molecule has 2 aliphatic rings. The molecule has 10 heteroatoms. The molecule has 1 aliphatic heterocycles. The zero-order valence-electron chi connectivity index (χ0n) is 16.1. The summed E-state index contributed by atoms with van der Waals surface area (Å²) in [5.41, 5.74) is 4.82. The van der Waals surface area contributed by atoms with Crippen LogP contribution < -0.4 is 11.1 Å². The van der Waals surface area contributed by atoms with Gasteiger partial charge in [-0.25, -0.2) is 18.8 Å². The first-order chi connectivity index (χ1) is 14.3. The van der Waals surface area contributed by atoms with Crippen molar-refractivity contribution >= 4 is 30.0 Å². The minimum absolute atomic E-state index is 0.0201. The van der Waals surface area contributed by atoms with Crippen molar-refractivity contribution in [1.29, 1.82) is 0 Å². The Morgan fingerprint density at radius 2 is 2.40 bits per heavy atom. The van der Waals surface area contributed by atoms with Crippen LogP contribution in [0.2, 0.25) is 0 Å². The molecule has 0 saturated heterocycles. The molecule has 0 aromatic heterocycles. The number of anilines is 1. The number of aliphatic imine (C=N–C) groups is 3. The van der Waals surface area contributed by atoms with Gasteiger partial charge in [-0.3, -0.25) is 9.79 Å². The molecule has 1 fully saturated rings. The van der Waals surface area contributed by atoms with Crippen LogP contribution in [0.3, 0.4) is 0 Å². The SMILES string of the molecule is C#C[C@]1(c2cc(NC(=O)/C(C)=N/C=C(\N=C)OCF)ccc2F)N=C(N)O[C@@H]2C[C@@H]21. The monoisotopic (exact) mass is 415 g/mol. The number of halogens is 2. The topological polar surface area (TPSA) is 111 Å². The van der Waals surface area contributed by atoms with Gasteiger partial charge in [0.2, 0.25) is 12.7 Å². The number of alkyl halides is 1. The Hall–Kier alpha value is -3.74. The number of carbonyl (C=O) groups excluding carboxylic acids is 1. The Morgan fingerprint density at radius 1 is 1.63 bits per heavy atom. The first kappa shape index (κ1) is 21.0. The van der Waals surface area contributed by atoms with Crippen LogP contribution in [-0.4, -0.2) is 37.3 Å². The fraction of sp³-hybridized carbons (Fsp3) is 0.300. The fourth-order valence-electron chi connectivity index (χ4n) is 3.16. The number of hydrogen-bond donors (Lipinski definition) is 2. The zero-order chi connectivity index (χ0) is 21.9. The molecule has 156 valence electrons. The second-order valence-corrected chi connectivity index (χ2v) is 6.60. The van der Waals surface area contributed by atoms with Gasteiger partial charge < -0.3 is 20.5 Å². The lowest BCUT2D eigenvalue weighted by Gasteiger charge is -2.29. The van der Waals surface area contributed by atoms with Gasteiger partial charge in [0.05, 0.1) is 6.20 Å². The van der Waals surface area contributed by atoms with Gasteiger partial charge in [0.25, 0.3) is 11.9 Å². The summed E-state index contributed by atoms with van der Waals surface area (Å²) in [5, 5.41) is 2.60. The molecule has 0 bridgehead atoms. The van der Waals surface area contributed by atoms with Crippen molar-refractivity contribution in [2.75, 3.05) is 12.2 Å². The number of hydrogen-bond acceptors (Lipinski definition) is 7. The molecule has 1 aromatic rings. The molecule has 1 aliphatic carbocycles. The summed E-state index contributed by atoms with van der Waals surface area (Å²) in [4.78, 5) is 23.9. The molecule has 1 heterocycles. The predicted molar refractivity (Wildman–Crippen MR) is 108 cm³/mol. The molecule has 0 spiro atoms. The van der Waals surface area contributed by atoms with E-state index in [4.69, 9.17) is 16.9 Å². The molecule has 0 radical (unpaired) electrons. The van der Waals surface area contributed by atoms with Crippen LogP contribution in [0.1, 0.15) is 18.9 Å². The Kier molecular flexibility index (Phi) is 5.82. The molecule has 1 aromatic carbocycles. The van der Waals surface area contributed by atoms with E-state index in [1.54, 1.807) is 0 Å². The zero-order valence-corrected chi connectivity index (χ0v) is 16.1. The number of nitrogens with one attached hydrogen (secondary N) is 1. The summed E-state index contributed by atoms with van der Waals surface area (Å²) in [7, 11) is 0. The standard InChI is InChI=1S/C20H19F2N5O3/c1-4-20(14-8-16(14)30-19(23)27-20)13-7-12(5-6-15(13)22)26-18(28)11(2)25-9-17(24-3)29-10-21/h1,5-7,9,14,16H,3,8,10H2,2H3,(H2,23,27)(H,26,28)/b17-9+,25-11+/t14-,16+,20+/m0/s1. The Balaban J connectivity index is 1.86. The molecular weight excluding hydrogens is 396 g/mol. The average Bonchev–Trinajstić information content (AvgIpc) is 3.51. The van der Waals surface area contributed by atoms with Crippen molar-refractivity contribution in [3.05, 3.63) is 41.7 Å². The first-order valence-corrected chi connectivity index (χ1v) is 8.85. The number of benzene rings is 1. The number of amidine groups is 1. The second-order valence-electron chi connectivity index (χ2n) is 6.60. The number of carbonyl (C=O) groups is 1. The van der Waals surface area contributed by atoms with Crippen LogP contribution in [0.15, 0.2) is 45.3 Å². The van der Waals surface area contributed by atoms with Crippen LogP contribution in [0.4, 0.5) is 14.5 Å². The van der Waals surface area contributed by atoms with Crippen molar-refractivity contribution in [3.63, 3.8) is 0 Å². The lowest BCUT2D eigenvalue weighted by Crippen LogP contribution is -2.37. The number of amides is 1. The first-order valence-electron chi connectivity index (χ1n) is 8.85. The maximum absolute atomic E-state index is 14.7. The van der Waals surface area contributed by atoms with Crippen LogP contribution in [0.5, 0.6) is 0 Å². The van der Waals surface area contributed by atoms with E-state index in [0.29, 0.717) is 6.42 Å². The molecule has 30 heavy (non-hydrogen) atoms. The molecule has 1 amide bonds. The molecule has 3 atom stereocenters. The summed E-state index contributed by atoms with van der Waals surface area (Å²) in [6.07, 6.45) is 7.17. The third-order valence-corrected chi connectivity index (χ3v) is 4.74. The van der Waals surface area contributed by atoms with Gasteiger partial charge in [0, 0.05) is 17.2 Å². The van der Waals surface area contributed by atoms with E-state index in [2.05, 4.69) is 37.7 Å². The Labute approximate surface area is 171 Å². The van der Waals surface area contributed by atoms with E-state index in [0.717, 1.165) is 6.20 Å². The van der Waals surface area contributed by atoms with E-state index in [-0.39, 0.29) is 40.9 Å². The Bertz CT molecular complexity index is 1010. The highest BCUT2D eigenvalue weighted by atomic mass is 19.1. The number of ether oxygens (including phenoxy) is 2. The summed E-state index contributed by atoms with van der Waals surface area (Å²) in [6, 6.07) is 3.88. The van der Waals surface area contributed by atoms with Gasteiger partial charge in [0.1, 0.15) is 17.6 Å². The smallest absolute Gasteiger partial charge is 0.284 e. The van der Waals surface area contributed by atoms with Crippen molar-refractivity contribution in [2.24, 2.45) is 26.6 Å². The minimum atomic E-state index is -1.31. The third kappa shape index (κ3) is 4.00. The van der Waals surface area contributed by atoms with E-state index >= 15 is 0 Å².